The largest absolute Gasteiger partial charge is 0.356 e. The lowest BCUT2D eigenvalue weighted by molar-refractivity contribution is -0.121. The van der Waals surface area contributed by atoms with E-state index in [1.165, 1.54) is 0 Å². The third-order valence-corrected chi connectivity index (χ3v) is 4.04. The molecule has 0 bridgehead atoms. The summed E-state index contributed by atoms with van der Waals surface area (Å²) in [6, 6.07) is 10.2. The van der Waals surface area contributed by atoms with Crippen LogP contribution < -0.4 is 11.1 Å². The summed E-state index contributed by atoms with van der Waals surface area (Å²) in [6.45, 7) is 2.53. The fourth-order valence-electron chi connectivity index (χ4n) is 1.91. The van der Waals surface area contributed by atoms with Gasteiger partial charge >= 0.3 is 0 Å². The van der Waals surface area contributed by atoms with Crippen molar-refractivity contribution in [2.45, 2.75) is 32.2 Å². The van der Waals surface area contributed by atoms with Crippen LogP contribution in [0.4, 0.5) is 0 Å². The molecule has 2 aromatic rings. The van der Waals surface area contributed by atoms with Gasteiger partial charge in [0.2, 0.25) is 5.91 Å². The minimum atomic E-state index is 0.0609. The van der Waals surface area contributed by atoms with E-state index in [-0.39, 0.29) is 11.9 Å². The van der Waals surface area contributed by atoms with Gasteiger partial charge in [-0.2, -0.15) is 0 Å². The van der Waals surface area contributed by atoms with E-state index in [9.17, 15) is 4.79 Å². The number of hydrogen-bond acceptors (Lipinski definition) is 4. The maximum absolute atomic E-state index is 11.6. The Morgan fingerprint density at radius 2 is 2.14 bits per heavy atom. The average molecular weight is 303 g/mol. The quantitative estimate of drug-likeness (QED) is 0.826. The lowest BCUT2D eigenvalue weighted by Gasteiger charge is -2.05. The lowest BCUT2D eigenvalue weighted by Crippen LogP contribution is -2.27. The normalized spacial score (nSPS) is 12.1. The monoisotopic (exact) mass is 303 g/mol. The van der Waals surface area contributed by atoms with Gasteiger partial charge in [-0.3, -0.25) is 4.79 Å². The first-order chi connectivity index (χ1) is 10.1. The Bertz CT molecular complexity index is 566. The molecule has 21 heavy (non-hydrogen) atoms. The summed E-state index contributed by atoms with van der Waals surface area (Å²) in [5.41, 5.74) is 7.78. The second-order valence-electron chi connectivity index (χ2n) is 5.13. The van der Waals surface area contributed by atoms with Crippen molar-refractivity contribution in [2.24, 2.45) is 5.73 Å². The Labute approximate surface area is 129 Å². The highest BCUT2D eigenvalue weighted by Gasteiger charge is 2.06. The molecule has 1 heterocycles. The molecule has 112 valence electrons. The number of nitrogens with two attached hydrogens (primary N) is 1. The van der Waals surface area contributed by atoms with Crippen molar-refractivity contribution >= 4 is 17.2 Å². The second kappa shape index (κ2) is 7.90. The van der Waals surface area contributed by atoms with E-state index in [1.807, 2.05) is 25.1 Å². The van der Waals surface area contributed by atoms with Crippen molar-refractivity contribution in [3.63, 3.8) is 0 Å². The number of nitrogens with one attached hydrogen (secondary N) is 1. The summed E-state index contributed by atoms with van der Waals surface area (Å²) in [5.74, 6) is 0.0609. The van der Waals surface area contributed by atoms with Crippen molar-refractivity contribution in [3.8, 4) is 10.6 Å². The smallest absolute Gasteiger partial charge is 0.220 e. The topological polar surface area (TPSA) is 68.0 Å². The Balaban J connectivity index is 1.77. The number of carbonyl (C=O) groups excluding carboxylic acids is 1. The number of rotatable bonds is 7. The van der Waals surface area contributed by atoms with Crippen LogP contribution in [-0.2, 0) is 11.2 Å². The van der Waals surface area contributed by atoms with Gasteiger partial charge in [0.25, 0.3) is 0 Å². The molecule has 5 heteroatoms. The van der Waals surface area contributed by atoms with Gasteiger partial charge in [-0.1, -0.05) is 30.3 Å². The van der Waals surface area contributed by atoms with E-state index in [0.29, 0.717) is 13.0 Å². The lowest BCUT2D eigenvalue weighted by atomic mass is 10.2. The van der Waals surface area contributed by atoms with Crippen LogP contribution in [0.5, 0.6) is 0 Å². The summed E-state index contributed by atoms with van der Waals surface area (Å²) in [4.78, 5) is 16.2. The molecule has 0 saturated carbocycles. The molecule has 0 aliphatic heterocycles. The van der Waals surface area contributed by atoms with E-state index in [1.54, 1.807) is 11.3 Å². The number of aromatic nitrogens is 1. The molecule has 0 aliphatic carbocycles. The number of amides is 1. The maximum Gasteiger partial charge on any atom is 0.220 e. The number of carbonyl (C=O) groups is 1. The van der Waals surface area contributed by atoms with Crippen LogP contribution in [0.25, 0.3) is 10.6 Å². The van der Waals surface area contributed by atoms with Crippen LogP contribution in [0.1, 0.15) is 25.5 Å². The van der Waals surface area contributed by atoms with E-state index in [2.05, 4.69) is 27.8 Å². The highest BCUT2D eigenvalue weighted by molar-refractivity contribution is 7.13. The third kappa shape index (κ3) is 5.28. The zero-order valence-electron chi connectivity index (χ0n) is 12.2. The van der Waals surface area contributed by atoms with Crippen LogP contribution in [0.3, 0.4) is 0 Å². The van der Waals surface area contributed by atoms with Crippen molar-refractivity contribution < 1.29 is 4.79 Å². The number of thiazole rings is 1. The Hall–Kier alpha value is -1.72. The maximum atomic E-state index is 11.6. The Morgan fingerprint density at radius 3 is 2.86 bits per heavy atom. The molecule has 1 amide bonds. The zero-order valence-corrected chi connectivity index (χ0v) is 13.0. The summed E-state index contributed by atoms with van der Waals surface area (Å²) >= 11 is 1.64. The van der Waals surface area contributed by atoms with Gasteiger partial charge < -0.3 is 11.1 Å². The number of benzene rings is 1. The molecule has 0 aliphatic rings. The van der Waals surface area contributed by atoms with Gasteiger partial charge in [-0.05, 0) is 13.3 Å². The summed E-state index contributed by atoms with van der Waals surface area (Å²) in [7, 11) is 0. The van der Waals surface area contributed by atoms with E-state index >= 15 is 0 Å². The van der Waals surface area contributed by atoms with Gasteiger partial charge in [-0.25, -0.2) is 4.98 Å². The molecule has 0 spiro atoms. The Morgan fingerprint density at radius 1 is 1.38 bits per heavy atom. The van der Waals surface area contributed by atoms with Crippen molar-refractivity contribution in [1.82, 2.24) is 10.3 Å². The fourth-order valence-corrected chi connectivity index (χ4v) is 2.77. The number of hydrogen-bond donors (Lipinski definition) is 2. The highest BCUT2D eigenvalue weighted by Crippen LogP contribution is 2.23. The first-order valence-electron chi connectivity index (χ1n) is 7.17. The molecule has 0 fully saturated rings. The standard InChI is InChI=1S/C16H21N3OS/c1-12(17)7-8-15(20)18-10-9-14-11-21-16(19-14)13-5-3-2-4-6-13/h2-6,11-12H,7-10,17H2,1H3,(H,18,20). The van der Waals surface area contributed by atoms with Gasteiger partial charge in [-0.15, -0.1) is 11.3 Å². The van der Waals surface area contributed by atoms with Gasteiger partial charge in [0.15, 0.2) is 0 Å². The molecular formula is C16H21N3OS. The van der Waals surface area contributed by atoms with Gasteiger partial charge in [0.1, 0.15) is 5.01 Å². The zero-order chi connectivity index (χ0) is 15.1. The van der Waals surface area contributed by atoms with Crippen molar-refractivity contribution in [3.05, 3.63) is 41.4 Å². The fraction of sp³-hybridized carbons (Fsp3) is 0.375. The molecule has 1 aromatic carbocycles. The van der Waals surface area contributed by atoms with E-state index in [4.69, 9.17) is 5.73 Å². The van der Waals surface area contributed by atoms with Gasteiger partial charge in [0, 0.05) is 36.4 Å². The minimum Gasteiger partial charge on any atom is -0.356 e. The molecule has 3 N–H and O–H groups in total. The SMILES string of the molecule is CC(N)CCC(=O)NCCc1csc(-c2ccccc2)n1. The average Bonchev–Trinajstić information content (AvgIpc) is 2.95. The predicted octanol–water partition coefficient (Wildman–Crippen LogP) is 2.60. The molecule has 1 atom stereocenters. The van der Waals surface area contributed by atoms with E-state index in [0.717, 1.165) is 29.1 Å². The highest BCUT2D eigenvalue weighted by atomic mass is 32.1. The van der Waals surface area contributed by atoms with E-state index < -0.39 is 0 Å². The second-order valence-corrected chi connectivity index (χ2v) is 5.98. The first kappa shape index (κ1) is 15.7. The molecule has 1 unspecified atom stereocenters. The summed E-state index contributed by atoms with van der Waals surface area (Å²) in [5, 5.41) is 5.98. The first-order valence-corrected chi connectivity index (χ1v) is 8.05. The molecule has 1 aromatic heterocycles. The van der Waals surface area contributed by atoms with Crippen molar-refractivity contribution in [1.29, 1.82) is 0 Å². The minimum absolute atomic E-state index is 0.0609. The molecule has 0 saturated heterocycles. The molecular weight excluding hydrogens is 282 g/mol. The third-order valence-electron chi connectivity index (χ3n) is 3.10. The van der Waals surface area contributed by atoms with Crippen LogP contribution in [0.15, 0.2) is 35.7 Å². The molecule has 2 rings (SSSR count). The predicted molar refractivity (Wildman–Crippen MR) is 87.1 cm³/mol. The summed E-state index contributed by atoms with van der Waals surface area (Å²) in [6.07, 6.45) is 1.97. The Kier molecular flexibility index (Phi) is 5.90. The van der Waals surface area contributed by atoms with Gasteiger partial charge in [0.05, 0.1) is 5.69 Å². The molecule has 0 radical (unpaired) electrons. The number of nitrogens with zero attached hydrogens (tertiary/aromatic N) is 1. The van der Waals surface area contributed by atoms with Crippen LogP contribution in [-0.4, -0.2) is 23.5 Å². The van der Waals surface area contributed by atoms with Crippen molar-refractivity contribution in [2.75, 3.05) is 6.54 Å². The van der Waals surface area contributed by atoms with Crippen LogP contribution in [0.2, 0.25) is 0 Å². The van der Waals surface area contributed by atoms with Crippen LogP contribution in [0, 0.1) is 0 Å². The summed E-state index contributed by atoms with van der Waals surface area (Å²) < 4.78 is 0. The molecule has 4 nitrogen and oxygen atoms in total. The van der Waals surface area contributed by atoms with Crippen LogP contribution >= 0.6 is 11.3 Å².